The van der Waals surface area contributed by atoms with Gasteiger partial charge in [0.1, 0.15) is 11.3 Å². The number of rotatable bonds is 6. The minimum absolute atomic E-state index is 0.0470. The summed E-state index contributed by atoms with van der Waals surface area (Å²) in [4.78, 5) is 38.5. The van der Waals surface area contributed by atoms with E-state index in [2.05, 4.69) is 15.6 Å². The van der Waals surface area contributed by atoms with Crippen LogP contribution in [-0.4, -0.2) is 50.0 Å². The molecule has 1 N–H and O–H groups in total. The molecule has 1 aromatic heterocycles. The Hall–Kier alpha value is -3.53. The largest absolute Gasteiger partial charge is 0.350 e. The average molecular weight is 439 g/mol. The summed E-state index contributed by atoms with van der Waals surface area (Å²) < 4.78 is 14.8. The second kappa shape index (κ2) is 8.68. The number of benzene rings is 2. The zero-order chi connectivity index (χ0) is 22.0. The van der Waals surface area contributed by atoms with Gasteiger partial charge in [-0.3, -0.25) is 19.3 Å². The molecule has 10 heteroatoms. The third-order valence-electron chi connectivity index (χ3n) is 4.74. The van der Waals surface area contributed by atoms with Gasteiger partial charge < -0.3 is 5.32 Å². The van der Waals surface area contributed by atoms with Gasteiger partial charge in [0.05, 0.1) is 10.4 Å². The van der Waals surface area contributed by atoms with Crippen LogP contribution in [0.15, 0.2) is 47.4 Å². The summed E-state index contributed by atoms with van der Waals surface area (Å²) in [6, 6.07) is 10.7. The van der Waals surface area contributed by atoms with E-state index in [1.807, 2.05) is 6.92 Å². The monoisotopic (exact) mass is 439 g/mol. The Morgan fingerprint density at radius 2 is 1.97 bits per heavy atom. The molecule has 3 amide bonds. The van der Waals surface area contributed by atoms with Crippen molar-refractivity contribution in [2.75, 3.05) is 13.1 Å². The third-order valence-corrected chi connectivity index (χ3v) is 5.65. The number of carbonyl (C=O) groups is 3. The minimum atomic E-state index is -0.439. The van der Waals surface area contributed by atoms with E-state index in [-0.39, 0.29) is 29.7 Å². The van der Waals surface area contributed by atoms with Crippen LogP contribution in [0.5, 0.6) is 0 Å². The molecule has 0 aliphatic carbocycles. The predicted octanol–water partition coefficient (Wildman–Crippen LogP) is 3.06. The lowest BCUT2D eigenvalue weighted by Crippen LogP contribution is -2.37. The molecule has 1 aliphatic heterocycles. The van der Waals surface area contributed by atoms with E-state index in [4.69, 9.17) is 0 Å². The molecule has 4 rings (SSSR count). The highest BCUT2D eigenvalue weighted by Gasteiger charge is 2.34. The van der Waals surface area contributed by atoms with Gasteiger partial charge in [-0.25, -0.2) is 9.07 Å². The van der Waals surface area contributed by atoms with Crippen molar-refractivity contribution >= 4 is 45.9 Å². The SMILES string of the molecule is CCn1nnc2cc(C(=O)NCCN3C(=O)S/C(=C/c4ccc(F)cc4)C3=O)ccc21. The number of thioether (sulfide) groups is 1. The first-order chi connectivity index (χ1) is 15.0. The molecule has 2 heterocycles. The number of carbonyl (C=O) groups excluding carboxylic acids is 3. The summed E-state index contributed by atoms with van der Waals surface area (Å²) in [6.45, 7) is 2.79. The number of amides is 3. The number of aromatic nitrogens is 3. The van der Waals surface area contributed by atoms with Gasteiger partial charge >= 0.3 is 0 Å². The van der Waals surface area contributed by atoms with E-state index in [0.29, 0.717) is 23.2 Å². The molecule has 158 valence electrons. The first-order valence-corrected chi connectivity index (χ1v) is 10.4. The maximum Gasteiger partial charge on any atom is 0.293 e. The van der Waals surface area contributed by atoms with Crippen molar-refractivity contribution in [2.45, 2.75) is 13.5 Å². The van der Waals surface area contributed by atoms with Crippen LogP contribution in [0.1, 0.15) is 22.8 Å². The van der Waals surface area contributed by atoms with Crippen molar-refractivity contribution in [3.8, 4) is 0 Å². The normalized spacial score (nSPS) is 15.3. The molecule has 0 bridgehead atoms. The fraction of sp³-hybridized carbons (Fsp3) is 0.190. The molecule has 0 unspecified atom stereocenters. The highest BCUT2D eigenvalue weighted by Crippen LogP contribution is 2.31. The van der Waals surface area contributed by atoms with Gasteiger partial charge in [0, 0.05) is 25.2 Å². The van der Waals surface area contributed by atoms with Gasteiger partial charge in [-0.15, -0.1) is 5.10 Å². The zero-order valence-corrected chi connectivity index (χ0v) is 17.4. The van der Waals surface area contributed by atoms with Crippen LogP contribution in [-0.2, 0) is 11.3 Å². The zero-order valence-electron chi connectivity index (χ0n) is 16.5. The van der Waals surface area contributed by atoms with Crippen LogP contribution in [0.4, 0.5) is 9.18 Å². The Labute approximate surface area is 181 Å². The van der Waals surface area contributed by atoms with E-state index in [1.165, 1.54) is 24.3 Å². The highest BCUT2D eigenvalue weighted by molar-refractivity contribution is 8.18. The lowest BCUT2D eigenvalue weighted by Gasteiger charge is -2.13. The third kappa shape index (κ3) is 4.33. The fourth-order valence-corrected chi connectivity index (χ4v) is 4.00. The Morgan fingerprint density at radius 1 is 1.19 bits per heavy atom. The number of nitrogens with one attached hydrogen (secondary N) is 1. The van der Waals surface area contributed by atoms with Gasteiger partial charge in [0.2, 0.25) is 0 Å². The van der Waals surface area contributed by atoms with E-state index in [0.717, 1.165) is 22.2 Å². The molecule has 2 aromatic carbocycles. The second-order valence-electron chi connectivity index (χ2n) is 6.75. The molecule has 8 nitrogen and oxygen atoms in total. The summed E-state index contributed by atoms with van der Waals surface area (Å²) >= 11 is 0.816. The van der Waals surface area contributed by atoms with Crippen LogP contribution in [0.3, 0.4) is 0 Å². The maximum absolute atomic E-state index is 13.0. The number of imide groups is 1. The highest BCUT2D eigenvalue weighted by atomic mass is 32.2. The predicted molar refractivity (Wildman–Crippen MR) is 115 cm³/mol. The molecule has 3 aromatic rings. The second-order valence-corrected chi connectivity index (χ2v) is 7.74. The van der Waals surface area contributed by atoms with Gasteiger partial charge in [-0.1, -0.05) is 17.3 Å². The van der Waals surface area contributed by atoms with Crippen molar-refractivity contribution in [1.29, 1.82) is 0 Å². The summed E-state index contributed by atoms with van der Waals surface area (Å²) in [7, 11) is 0. The van der Waals surface area contributed by atoms with Crippen molar-refractivity contribution in [1.82, 2.24) is 25.2 Å². The smallest absolute Gasteiger partial charge is 0.293 e. The van der Waals surface area contributed by atoms with Gasteiger partial charge in [0.25, 0.3) is 17.1 Å². The minimum Gasteiger partial charge on any atom is -0.350 e. The van der Waals surface area contributed by atoms with Crippen molar-refractivity contribution in [2.24, 2.45) is 0 Å². The Kier molecular flexibility index (Phi) is 5.81. The summed E-state index contributed by atoms with van der Waals surface area (Å²) in [5, 5.41) is 10.4. The van der Waals surface area contributed by atoms with E-state index in [1.54, 1.807) is 29.0 Å². The van der Waals surface area contributed by atoms with E-state index in [9.17, 15) is 18.8 Å². The van der Waals surface area contributed by atoms with Crippen LogP contribution in [0, 0.1) is 5.82 Å². The molecule has 0 saturated carbocycles. The van der Waals surface area contributed by atoms with Crippen molar-refractivity contribution in [3.05, 3.63) is 64.3 Å². The standard InChI is InChI=1S/C21H18FN5O3S/c1-2-27-17-8-5-14(12-16(17)24-25-27)19(28)23-9-10-26-20(29)18(31-21(26)30)11-13-3-6-15(22)7-4-13/h3-8,11-12H,2,9-10H2,1H3,(H,23,28)/b18-11+. The molecule has 0 radical (unpaired) electrons. The van der Waals surface area contributed by atoms with Crippen LogP contribution < -0.4 is 5.32 Å². The summed E-state index contributed by atoms with van der Waals surface area (Å²) in [5.41, 5.74) is 2.49. The number of nitrogens with zero attached hydrogens (tertiary/aromatic N) is 4. The topological polar surface area (TPSA) is 97.2 Å². The molecule has 1 fully saturated rings. The fourth-order valence-electron chi connectivity index (χ4n) is 3.13. The number of hydrogen-bond acceptors (Lipinski definition) is 6. The Balaban J connectivity index is 1.36. The number of hydrogen-bond donors (Lipinski definition) is 1. The Bertz CT molecular complexity index is 1210. The van der Waals surface area contributed by atoms with Crippen LogP contribution >= 0.6 is 11.8 Å². The number of fused-ring (bicyclic) bond motifs is 1. The molecule has 1 saturated heterocycles. The molecule has 0 atom stereocenters. The first-order valence-electron chi connectivity index (χ1n) is 9.58. The number of halogens is 1. The molecular weight excluding hydrogens is 421 g/mol. The van der Waals surface area contributed by atoms with E-state index >= 15 is 0 Å². The number of aryl methyl sites for hydroxylation is 1. The summed E-state index contributed by atoms with van der Waals surface area (Å²) in [6.07, 6.45) is 1.54. The van der Waals surface area contributed by atoms with E-state index < -0.39 is 11.1 Å². The van der Waals surface area contributed by atoms with Gasteiger partial charge in [-0.2, -0.15) is 0 Å². The molecule has 1 aliphatic rings. The quantitative estimate of drug-likeness (QED) is 0.593. The molecular formula is C21H18FN5O3S. The molecule has 0 spiro atoms. The van der Waals surface area contributed by atoms with Crippen molar-refractivity contribution < 1.29 is 18.8 Å². The van der Waals surface area contributed by atoms with Gasteiger partial charge in [0.15, 0.2) is 0 Å². The lowest BCUT2D eigenvalue weighted by atomic mass is 10.2. The average Bonchev–Trinajstić information content (AvgIpc) is 3.30. The lowest BCUT2D eigenvalue weighted by molar-refractivity contribution is -0.122. The summed E-state index contributed by atoms with van der Waals surface area (Å²) in [5.74, 6) is -1.15. The van der Waals surface area contributed by atoms with Crippen molar-refractivity contribution in [3.63, 3.8) is 0 Å². The first kappa shape index (κ1) is 20.7. The Morgan fingerprint density at radius 3 is 2.71 bits per heavy atom. The molecule has 31 heavy (non-hydrogen) atoms. The van der Waals surface area contributed by atoms with Crippen LogP contribution in [0.2, 0.25) is 0 Å². The van der Waals surface area contributed by atoms with Gasteiger partial charge in [-0.05, 0) is 60.7 Å². The van der Waals surface area contributed by atoms with Crippen LogP contribution in [0.25, 0.3) is 17.1 Å². The maximum atomic E-state index is 13.0.